The van der Waals surface area contributed by atoms with Crippen LogP contribution in [0.3, 0.4) is 0 Å². The van der Waals surface area contributed by atoms with E-state index >= 15 is 0 Å². The van der Waals surface area contributed by atoms with E-state index in [-0.39, 0.29) is 29.8 Å². The van der Waals surface area contributed by atoms with Crippen LogP contribution in [0, 0.1) is 5.82 Å². The van der Waals surface area contributed by atoms with Crippen LogP contribution in [0.2, 0.25) is 0 Å². The quantitative estimate of drug-likeness (QED) is 0.458. The largest absolute Gasteiger partial charge is 0.467 e. The van der Waals surface area contributed by atoms with Crippen molar-refractivity contribution in [1.29, 1.82) is 0 Å². The summed E-state index contributed by atoms with van der Waals surface area (Å²) in [7, 11) is 0. The van der Waals surface area contributed by atoms with Gasteiger partial charge in [0.1, 0.15) is 11.6 Å². The Morgan fingerprint density at radius 1 is 1.19 bits per heavy atom. The topological polar surface area (TPSA) is 49.6 Å². The Kier molecular flexibility index (Phi) is 7.81. The second-order valence-electron chi connectivity index (χ2n) is 4.22. The monoisotopic (exact) mass is 403 g/mol. The van der Waals surface area contributed by atoms with E-state index in [1.54, 1.807) is 24.5 Å². The molecule has 0 aliphatic heterocycles. The van der Waals surface area contributed by atoms with Crippen LogP contribution >= 0.6 is 24.0 Å². The Morgan fingerprint density at radius 3 is 2.67 bits per heavy atom. The molecule has 0 atom stereocenters. The van der Waals surface area contributed by atoms with Gasteiger partial charge in [0.2, 0.25) is 0 Å². The minimum absolute atomic E-state index is 0. The summed E-state index contributed by atoms with van der Waals surface area (Å²) in [5, 5.41) is 6.24. The van der Waals surface area contributed by atoms with Crippen molar-refractivity contribution in [3.8, 4) is 0 Å². The van der Waals surface area contributed by atoms with Crippen molar-refractivity contribution in [2.45, 2.75) is 20.0 Å². The molecule has 2 N–H and O–H groups in total. The van der Waals surface area contributed by atoms with E-state index in [0.717, 1.165) is 12.3 Å². The Hall–Kier alpha value is -1.57. The number of hydrogen-bond donors (Lipinski definition) is 2. The van der Waals surface area contributed by atoms with Crippen molar-refractivity contribution >= 4 is 29.9 Å². The van der Waals surface area contributed by atoms with Crippen molar-refractivity contribution in [1.82, 2.24) is 10.6 Å². The van der Waals surface area contributed by atoms with Crippen LogP contribution in [0.4, 0.5) is 4.39 Å². The van der Waals surface area contributed by atoms with Crippen LogP contribution in [0.25, 0.3) is 0 Å². The minimum Gasteiger partial charge on any atom is -0.467 e. The lowest BCUT2D eigenvalue weighted by atomic mass is 10.2. The SMILES string of the molecule is CCNC(=NCc1ccccc1F)NCc1ccco1.I. The average molecular weight is 403 g/mol. The minimum atomic E-state index is -0.238. The van der Waals surface area contributed by atoms with Gasteiger partial charge in [-0.2, -0.15) is 0 Å². The van der Waals surface area contributed by atoms with E-state index in [1.165, 1.54) is 6.07 Å². The van der Waals surface area contributed by atoms with Crippen LogP contribution in [-0.4, -0.2) is 12.5 Å². The molecule has 0 aliphatic rings. The summed E-state index contributed by atoms with van der Waals surface area (Å²) < 4.78 is 18.7. The fraction of sp³-hybridized carbons (Fsp3) is 0.267. The van der Waals surface area contributed by atoms with Gasteiger partial charge < -0.3 is 15.1 Å². The molecule has 0 aliphatic carbocycles. The molecule has 1 aromatic heterocycles. The Labute approximate surface area is 140 Å². The van der Waals surface area contributed by atoms with Crippen LogP contribution < -0.4 is 10.6 Å². The van der Waals surface area contributed by atoms with Crippen molar-refractivity contribution in [3.63, 3.8) is 0 Å². The predicted octanol–water partition coefficient (Wildman–Crippen LogP) is 3.29. The van der Waals surface area contributed by atoms with Crippen molar-refractivity contribution < 1.29 is 8.81 Å². The first-order chi connectivity index (χ1) is 9.79. The molecule has 1 heterocycles. The third kappa shape index (κ3) is 5.74. The highest BCUT2D eigenvalue weighted by atomic mass is 127. The number of rotatable bonds is 5. The highest BCUT2D eigenvalue weighted by Gasteiger charge is 2.02. The van der Waals surface area contributed by atoms with E-state index in [1.807, 2.05) is 19.1 Å². The fourth-order valence-electron chi connectivity index (χ4n) is 1.72. The maximum Gasteiger partial charge on any atom is 0.191 e. The molecule has 2 aromatic rings. The molecule has 0 fully saturated rings. The van der Waals surface area contributed by atoms with Gasteiger partial charge in [0.25, 0.3) is 0 Å². The smallest absolute Gasteiger partial charge is 0.191 e. The van der Waals surface area contributed by atoms with Crippen molar-refractivity contribution in [2.75, 3.05) is 6.54 Å². The fourth-order valence-corrected chi connectivity index (χ4v) is 1.72. The molecule has 0 saturated carbocycles. The molecule has 1 aromatic carbocycles. The summed E-state index contributed by atoms with van der Waals surface area (Å²) in [6.07, 6.45) is 1.63. The summed E-state index contributed by atoms with van der Waals surface area (Å²) in [4.78, 5) is 4.36. The maximum atomic E-state index is 13.5. The second kappa shape index (κ2) is 9.38. The molecular weight excluding hydrogens is 384 g/mol. The number of benzene rings is 1. The van der Waals surface area contributed by atoms with Crippen LogP contribution in [-0.2, 0) is 13.1 Å². The van der Waals surface area contributed by atoms with Gasteiger partial charge in [0.05, 0.1) is 19.4 Å². The number of nitrogens with zero attached hydrogens (tertiary/aromatic N) is 1. The average Bonchev–Trinajstić information content (AvgIpc) is 2.97. The zero-order valence-corrected chi connectivity index (χ0v) is 14.1. The molecule has 0 unspecified atom stereocenters. The lowest BCUT2D eigenvalue weighted by Gasteiger charge is -2.10. The maximum absolute atomic E-state index is 13.5. The summed E-state index contributed by atoms with van der Waals surface area (Å²) in [6.45, 7) is 3.55. The van der Waals surface area contributed by atoms with Gasteiger partial charge in [-0.25, -0.2) is 9.38 Å². The predicted molar refractivity (Wildman–Crippen MR) is 92.2 cm³/mol. The number of nitrogens with one attached hydrogen (secondary N) is 2. The number of aliphatic imine (C=N–C) groups is 1. The molecule has 0 radical (unpaired) electrons. The zero-order valence-electron chi connectivity index (χ0n) is 11.8. The summed E-state index contributed by atoms with van der Waals surface area (Å²) >= 11 is 0. The summed E-state index contributed by atoms with van der Waals surface area (Å²) in [6, 6.07) is 10.4. The van der Waals surface area contributed by atoms with Crippen LogP contribution in [0.5, 0.6) is 0 Å². The van der Waals surface area contributed by atoms with Gasteiger partial charge in [-0.1, -0.05) is 18.2 Å². The summed E-state index contributed by atoms with van der Waals surface area (Å²) in [5.74, 6) is 1.21. The number of furan rings is 1. The Morgan fingerprint density at radius 2 is 2.00 bits per heavy atom. The lowest BCUT2D eigenvalue weighted by molar-refractivity contribution is 0.501. The van der Waals surface area contributed by atoms with Crippen LogP contribution in [0.15, 0.2) is 52.1 Å². The first kappa shape index (κ1) is 17.5. The highest BCUT2D eigenvalue weighted by molar-refractivity contribution is 14.0. The third-order valence-corrected chi connectivity index (χ3v) is 2.72. The van der Waals surface area contributed by atoms with Crippen molar-refractivity contribution in [3.05, 3.63) is 59.8 Å². The number of halogens is 2. The van der Waals surface area contributed by atoms with Gasteiger partial charge in [-0.15, -0.1) is 24.0 Å². The molecule has 21 heavy (non-hydrogen) atoms. The third-order valence-electron chi connectivity index (χ3n) is 2.72. The molecule has 0 amide bonds. The lowest BCUT2D eigenvalue weighted by Crippen LogP contribution is -2.36. The van der Waals surface area contributed by atoms with E-state index in [0.29, 0.717) is 24.6 Å². The molecule has 114 valence electrons. The van der Waals surface area contributed by atoms with Crippen LogP contribution in [0.1, 0.15) is 18.2 Å². The van der Waals surface area contributed by atoms with Gasteiger partial charge in [-0.05, 0) is 25.1 Å². The molecular formula is C15H19FIN3O. The van der Waals surface area contributed by atoms with E-state index in [4.69, 9.17) is 4.42 Å². The molecule has 2 rings (SSSR count). The highest BCUT2D eigenvalue weighted by Crippen LogP contribution is 2.07. The first-order valence-electron chi connectivity index (χ1n) is 6.57. The normalized spacial score (nSPS) is 10.9. The van der Waals surface area contributed by atoms with Crippen molar-refractivity contribution in [2.24, 2.45) is 4.99 Å². The van der Waals surface area contributed by atoms with Gasteiger partial charge in [0, 0.05) is 12.1 Å². The summed E-state index contributed by atoms with van der Waals surface area (Å²) in [5.41, 5.74) is 0.572. The second-order valence-corrected chi connectivity index (χ2v) is 4.22. The van der Waals surface area contributed by atoms with E-state index in [2.05, 4.69) is 15.6 Å². The van der Waals surface area contributed by atoms with E-state index < -0.39 is 0 Å². The Balaban J connectivity index is 0.00000220. The molecule has 0 bridgehead atoms. The Bertz CT molecular complexity index is 558. The molecule has 4 nitrogen and oxygen atoms in total. The zero-order chi connectivity index (χ0) is 14.2. The van der Waals surface area contributed by atoms with Gasteiger partial charge >= 0.3 is 0 Å². The first-order valence-corrected chi connectivity index (χ1v) is 6.57. The van der Waals surface area contributed by atoms with Gasteiger partial charge in [-0.3, -0.25) is 0 Å². The molecule has 0 saturated heterocycles. The van der Waals surface area contributed by atoms with E-state index in [9.17, 15) is 4.39 Å². The standard InChI is InChI=1S/C15H18FN3O.HI/c1-2-17-15(19-11-13-7-5-9-20-13)18-10-12-6-3-4-8-14(12)16;/h3-9H,2,10-11H2,1H3,(H2,17,18,19);1H. The molecule has 6 heteroatoms. The molecule has 0 spiro atoms. The van der Waals surface area contributed by atoms with Gasteiger partial charge in [0.15, 0.2) is 5.96 Å². The number of hydrogen-bond acceptors (Lipinski definition) is 2. The number of guanidine groups is 1.